The van der Waals surface area contributed by atoms with Crippen molar-refractivity contribution in [1.82, 2.24) is 19.4 Å². The second kappa shape index (κ2) is 5.64. The smallest absolute Gasteiger partial charge is 0.417 e. The van der Waals surface area contributed by atoms with E-state index in [4.69, 9.17) is 5.11 Å². The summed E-state index contributed by atoms with van der Waals surface area (Å²) < 4.78 is 39.6. The maximum Gasteiger partial charge on any atom is 0.417 e. The third-order valence-electron chi connectivity index (χ3n) is 3.98. The molecule has 2 aromatic heterocycles. The summed E-state index contributed by atoms with van der Waals surface area (Å²) >= 11 is 0. The lowest BCUT2D eigenvalue weighted by Gasteiger charge is -2.31. The van der Waals surface area contributed by atoms with Crippen molar-refractivity contribution in [2.75, 3.05) is 13.1 Å². The second-order valence-corrected chi connectivity index (χ2v) is 5.53. The van der Waals surface area contributed by atoms with E-state index in [-0.39, 0.29) is 11.7 Å². The average Bonchev–Trinajstić information content (AvgIpc) is 3.15. The van der Waals surface area contributed by atoms with Gasteiger partial charge in [0.2, 0.25) is 0 Å². The van der Waals surface area contributed by atoms with Crippen molar-refractivity contribution in [3.05, 3.63) is 30.4 Å². The quantitative estimate of drug-likeness (QED) is 0.889. The molecule has 1 saturated heterocycles. The van der Waals surface area contributed by atoms with Gasteiger partial charge in [-0.25, -0.2) is 9.78 Å². The first kappa shape index (κ1) is 15.4. The molecule has 0 unspecified atom stereocenters. The zero-order valence-corrected chi connectivity index (χ0v) is 12.0. The number of nitrogens with zero attached hydrogens (tertiary/aromatic N) is 3. The number of H-pyrrole nitrogens is 1. The van der Waals surface area contributed by atoms with Crippen molar-refractivity contribution < 1.29 is 23.1 Å². The molecule has 0 radical (unpaired) electrons. The van der Waals surface area contributed by atoms with E-state index in [1.54, 1.807) is 10.8 Å². The van der Waals surface area contributed by atoms with Crippen molar-refractivity contribution >= 4 is 6.09 Å². The van der Waals surface area contributed by atoms with Crippen LogP contribution in [0.1, 0.15) is 24.4 Å². The van der Waals surface area contributed by atoms with Gasteiger partial charge >= 0.3 is 12.3 Å². The molecule has 0 saturated carbocycles. The SMILES string of the molecule is O=C(O)N1CCC[C@H](n2cnc(-c3cc(C(F)(F)F)c[nH]3)c2)C1. The third kappa shape index (κ3) is 3.17. The number of amides is 1. The lowest BCUT2D eigenvalue weighted by Crippen LogP contribution is -2.39. The fourth-order valence-electron chi connectivity index (χ4n) is 2.75. The van der Waals surface area contributed by atoms with Gasteiger partial charge in [-0.2, -0.15) is 13.2 Å². The highest BCUT2D eigenvalue weighted by Crippen LogP contribution is 2.32. The van der Waals surface area contributed by atoms with Crippen molar-refractivity contribution in [2.24, 2.45) is 0 Å². The molecule has 2 aromatic rings. The van der Waals surface area contributed by atoms with Crippen LogP contribution in [0.3, 0.4) is 0 Å². The van der Waals surface area contributed by atoms with Crippen LogP contribution in [0, 0.1) is 0 Å². The highest BCUT2D eigenvalue weighted by Gasteiger charge is 2.32. The van der Waals surface area contributed by atoms with Crippen molar-refractivity contribution in [2.45, 2.75) is 25.1 Å². The van der Waals surface area contributed by atoms with Crippen LogP contribution >= 0.6 is 0 Å². The molecule has 1 fully saturated rings. The van der Waals surface area contributed by atoms with Crippen molar-refractivity contribution in [3.8, 4) is 11.4 Å². The van der Waals surface area contributed by atoms with E-state index >= 15 is 0 Å². The summed E-state index contributed by atoms with van der Waals surface area (Å²) in [5, 5.41) is 9.05. The normalized spacial score (nSPS) is 19.1. The Balaban J connectivity index is 1.78. The number of nitrogens with one attached hydrogen (secondary N) is 1. The molecule has 0 aliphatic carbocycles. The first-order valence-corrected chi connectivity index (χ1v) is 7.12. The number of aromatic nitrogens is 3. The molecule has 124 valence electrons. The zero-order valence-electron chi connectivity index (χ0n) is 12.0. The number of hydrogen-bond acceptors (Lipinski definition) is 2. The molecular weight excluding hydrogens is 313 g/mol. The molecule has 9 heteroatoms. The molecule has 1 aliphatic heterocycles. The minimum Gasteiger partial charge on any atom is -0.465 e. The predicted molar refractivity (Wildman–Crippen MR) is 74.9 cm³/mol. The molecule has 3 rings (SSSR count). The van der Waals surface area contributed by atoms with E-state index < -0.39 is 17.8 Å². The Morgan fingerprint density at radius 2 is 2.22 bits per heavy atom. The molecule has 0 bridgehead atoms. The summed E-state index contributed by atoms with van der Waals surface area (Å²) in [4.78, 5) is 19.1. The van der Waals surface area contributed by atoms with Gasteiger partial charge in [0, 0.05) is 25.5 Å². The second-order valence-electron chi connectivity index (χ2n) is 5.53. The van der Waals surface area contributed by atoms with Gasteiger partial charge in [0.1, 0.15) is 5.69 Å². The average molecular weight is 328 g/mol. The number of halogens is 3. The van der Waals surface area contributed by atoms with Gasteiger partial charge in [-0.05, 0) is 18.9 Å². The van der Waals surface area contributed by atoms with Gasteiger partial charge in [0.25, 0.3) is 0 Å². The van der Waals surface area contributed by atoms with Crippen LogP contribution in [0.25, 0.3) is 11.4 Å². The Morgan fingerprint density at radius 1 is 1.43 bits per heavy atom. The van der Waals surface area contributed by atoms with Crippen LogP contribution in [0.4, 0.5) is 18.0 Å². The first-order valence-electron chi connectivity index (χ1n) is 7.12. The van der Waals surface area contributed by atoms with E-state index in [0.29, 0.717) is 18.8 Å². The largest absolute Gasteiger partial charge is 0.465 e. The van der Waals surface area contributed by atoms with Crippen LogP contribution in [-0.4, -0.2) is 43.7 Å². The summed E-state index contributed by atoms with van der Waals surface area (Å²) in [6.45, 7) is 0.850. The van der Waals surface area contributed by atoms with E-state index in [1.165, 1.54) is 11.2 Å². The van der Waals surface area contributed by atoms with E-state index in [0.717, 1.165) is 25.1 Å². The van der Waals surface area contributed by atoms with Crippen LogP contribution in [0.5, 0.6) is 0 Å². The van der Waals surface area contributed by atoms with Gasteiger partial charge in [-0.15, -0.1) is 0 Å². The lowest BCUT2D eigenvalue weighted by molar-refractivity contribution is -0.137. The topological polar surface area (TPSA) is 74.2 Å². The highest BCUT2D eigenvalue weighted by atomic mass is 19.4. The van der Waals surface area contributed by atoms with Crippen LogP contribution < -0.4 is 0 Å². The lowest BCUT2D eigenvalue weighted by atomic mass is 10.1. The molecule has 6 nitrogen and oxygen atoms in total. The maximum absolute atomic E-state index is 12.6. The van der Waals surface area contributed by atoms with Crippen LogP contribution in [0.15, 0.2) is 24.8 Å². The fourth-order valence-corrected chi connectivity index (χ4v) is 2.75. The molecule has 0 aromatic carbocycles. The zero-order chi connectivity index (χ0) is 16.6. The molecule has 3 heterocycles. The highest BCUT2D eigenvalue weighted by molar-refractivity contribution is 5.65. The van der Waals surface area contributed by atoms with E-state index in [2.05, 4.69) is 9.97 Å². The van der Waals surface area contributed by atoms with Gasteiger partial charge in [0.05, 0.1) is 23.6 Å². The number of aromatic amines is 1. The number of rotatable bonds is 2. The van der Waals surface area contributed by atoms with Gasteiger partial charge in [-0.3, -0.25) is 0 Å². The first-order chi connectivity index (χ1) is 10.8. The number of carboxylic acid groups (broad SMARTS) is 1. The minimum atomic E-state index is -4.40. The van der Waals surface area contributed by atoms with E-state index in [9.17, 15) is 18.0 Å². The number of likely N-dealkylation sites (tertiary alicyclic amines) is 1. The Hall–Kier alpha value is -2.45. The Morgan fingerprint density at radius 3 is 2.87 bits per heavy atom. The van der Waals surface area contributed by atoms with Gasteiger partial charge in [0.15, 0.2) is 0 Å². The molecule has 1 aliphatic rings. The Bertz CT molecular complexity index is 707. The fraction of sp³-hybridized carbons (Fsp3) is 0.429. The van der Waals surface area contributed by atoms with Gasteiger partial charge < -0.3 is 19.6 Å². The number of alkyl halides is 3. The number of hydrogen-bond donors (Lipinski definition) is 2. The Kier molecular flexibility index (Phi) is 3.78. The molecular formula is C14H15F3N4O2. The molecule has 1 amide bonds. The predicted octanol–water partition coefficient (Wildman–Crippen LogP) is 3.21. The van der Waals surface area contributed by atoms with E-state index in [1.807, 2.05) is 0 Å². The molecule has 0 spiro atoms. The maximum atomic E-state index is 12.6. The molecule has 2 N–H and O–H groups in total. The van der Waals surface area contributed by atoms with Crippen LogP contribution in [0.2, 0.25) is 0 Å². The molecule has 1 atom stereocenters. The monoisotopic (exact) mass is 328 g/mol. The van der Waals surface area contributed by atoms with Crippen molar-refractivity contribution in [1.29, 1.82) is 0 Å². The van der Waals surface area contributed by atoms with Gasteiger partial charge in [-0.1, -0.05) is 0 Å². The summed E-state index contributed by atoms with van der Waals surface area (Å²) in [6, 6.07) is 0.954. The summed E-state index contributed by atoms with van der Waals surface area (Å²) in [5.41, 5.74) is -0.0771. The number of imidazole rings is 1. The molecule has 23 heavy (non-hydrogen) atoms. The third-order valence-corrected chi connectivity index (χ3v) is 3.98. The summed E-state index contributed by atoms with van der Waals surface area (Å²) in [5.74, 6) is 0. The summed E-state index contributed by atoms with van der Waals surface area (Å²) in [6.07, 6.45) is 0.253. The number of piperidine rings is 1. The number of carbonyl (C=O) groups is 1. The van der Waals surface area contributed by atoms with Crippen LogP contribution in [-0.2, 0) is 6.18 Å². The summed E-state index contributed by atoms with van der Waals surface area (Å²) in [7, 11) is 0. The van der Waals surface area contributed by atoms with Crippen molar-refractivity contribution in [3.63, 3.8) is 0 Å². The standard InChI is InChI=1S/C14H15F3N4O2/c15-14(16,17)9-4-11(18-5-9)12-7-21(8-19-12)10-2-1-3-20(6-10)13(22)23/h4-5,7-8,10,18H,1-3,6H2,(H,22,23)/t10-/m0/s1. The Labute approximate surface area is 129 Å². The minimum absolute atomic E-state index is 0.0573.